The van der Waals surface area contributed by atoms with Crippen molar-refractivity contribution in [3.8, 4) is 0 Å². The average Bonchev–Trinajstić information content (AvgIpc) is 3.27. The summed E-state index contributed by atoms with van der Waals surface area (Å²) in [6.07, 6.45) is 3.52. The predicted molar refractivity (Wildman–Crippen MR) is 117 cm³/mol. The Morgan fingerprint density at radius 2 is 2.31 bits per heavy atom. The minimum absolute atomic E-state index is 0. The van der Waals surface area contributed by atoms with Gasteiger partial charge in [0.05, 0.1) is 0 Å². The molecule has 0 aromatic carbocycles. The van der Waals surface area contributed by atoms with Gasteiger partial charge in [-0.1, -0.05) is 6.07 Å². The molecule has 0 radical (unpaired) electrons. The lowest BCUT2D eigenvalue weighted by Crippen LogP contribution is -2.44. The van der Waals surface area contributed by atoms with Gasteiger partial charge in [-0.15, -0.1) is 35.3 Å². The molecule has 0 amide bonds. The third-order valence-corrected chi connectivity index (χ3v) is 5.06. The van der Waals surface area contributed by atoms with E-state index in [4.69, 9.17) is 0 Å². The number of pyridine rings is 1. The first-order valence-electron chi connectivity index (χ1n) is 8.69. The number of thiophene rings is 1. The lowest BCUT2D eigenvalue weighted by molar-refractivity contribution is 0.612. The van der Waals surface area contributed by atoms with E-state index in [9.17, 15) is 4.39 Å². The lowest BCUT2D eigenvalue weighted by Gasteiger charge is -2.19. The Balaban J connectivity index is 0.00000243. The fourth-order valence-corrected chi connectivity index (χ4v) is 3.62. The smallest absolute Gasteiger partial charge is 0.191 e. The van der Waals surface area contributed by atoms with E-state index in [1.165, 1.54) is 10.9 Å². The van der Waals surface area contributed by atoms with Crippen molar-refractivity contribution in [2.75, 3.05) is 31.1 Å². The summed E-state index contributed by atoms with van der Waals surface area (Å²) in [7, 11) is 0. The van der Waals surface area contributed by atoms with E-state index in [-0.39, 0.29) is 35.8 Å². The van der Waals surface area contributed by atoms with Gasteiger partial charge in [0.15, 0.2) is 17.6 Å². The van der Waals surface area contributed by atoms with Crippen molar-refractivity contribution in [2.45, 2.75) is 25.8 Å². The van der Waals surface area contributed by atoms with Crippen LogP contribution in [-0.4, -0.2) is 43.2 Å². The summed E-state index contributed by atoms with van der Waals surface area (Å²) in [6.45, 7) is 5.14. The van der Waals surface area contributed by atoms with Crippen molar-refractivity contribution < 1.29 is 4.39 Å². The number of aromatic nitrogens is 1. The number of guanidine groups is 1. The normalized spacial score (nSPS) is 17.1. The Bertz CT molecular complexity index is 695. The summed E-state index contributed by atoms with van der Waals surface area (Å²) in [5.74, 6) is 0.999. The number of hydrogen-bond acceptors (Lipinski definition) is 4. The molecule has 0 saturated carbocycles. The summed E-state index contributed by atoms with van der Waals surface area (Å²) >= 11 is 1.76. The zero-order valence-corrected chi connectivity index (χ0v) is 18.0. The highest BCUT2D eigenvalue weighted by Crippen LogP contribution is 2.20. The maximum Gasteiger partial charge on any atom is 0.191 e. The molecule has 142 valence electrons. The Labute approximate surface area is 175 Å². The van der Waals surface area contributed by atoms with Crippen LogP contribution in [0.4, 0.5) is 10.2 Å². The molecule has 0 spiro atoms. The van der Waals surface area contributed by atoms with E-state index in [0.717, 1.165) is 45.0 Å². The second-order valence-electron chi connectivity index (χ2n) is 5.97. The van der Waals surface area contributed by atoms with Gasteiger partial charge < -0.3 is 15.5 Å². The van der Waals surface area contributed by atoms with Crippen LogP contribution >= 0.6 is 35.3 Å². The average molecular weight is 489 g/mol. The van der Waals surface area contributed by atoms with Crippen LogP contribution in [-0.2, 0) is 6.42 Å². The number of nitrogens with zero attached hydrogens (tertiary/aromatic N) is 3. The van der Waals surface area contributed by atoms with Crippen molar-refractivity contribution in [1.82, 2.24) is 15.6 Å². The molecule has 1 atom stereocenters. The number of hydrogen-bond donors (Lipinski definition) is 2. The van der Waals surface area contributed by atoms with Crippen LogP contribution < -0.4 is 15.5 Å². The fourth-order valence-electron chi connectivity index (χ4n) is 2.93. The van der Waals surface area contributed by atoms with Crippen LogP contribution in [0.3, 0.4) is 0 Å². The molecule has 1 aliphatic heterocycles. The Kier molecular flexibility index (Phi) is 8.56. The molecule has 2 aromatic rings. The molecule has 26 heavy (non-hydrogen) atoms. The SMILES string of the molecule is CCNC(=NCCc1cccs1)NC1CCN(c2ncccc2F)C1.I. The van der Waals surface area contributed by atoms with E-state index in [0.29, 0.717) is 5.82 Å². The van der Waals surface area contributed by atoms with Crippen LogP contribution in [0.15, 0.2) is 40.8 Å². The van der Waals surface area contributed by atoms with Gasteiger partial charge >= 0.3 is 0 Å². The molecule has 8 heteroatoms. The minimum atomic E-state index is -0.264. The summed E-state index contributed by atoms with van der Waals surface area (Å²) in [5.41, 5.74) is 0. The molecule has 2 N–H and O–H groups in total. The Morgan fingerprint density at radius 3 is 3.04 bits per heavy atom. The van der Waals surface area contributed by atoms with Gasteiger partial charge in [-0.05, 0) is 36.9 Å². The second kappa shape index (κ2) is 10.7. The van der Waals surface area contributed by atoms with Gasteiger partial charge in [-0.25, -0.2) is 9.37 Å². The molecular weight excluding hydrogens is 464 g/mol. The molecule has 3 heterocycles. The van der Waals surface area contributed by atoms with Crippen molar-refractivity contribution in [3.63, 3.8) is 0 Å². The first-order valence-corrected chi connectivity index (χ1v) is 9.57. The highest BCUT2D eigenvalue weighted by Gasteiger charge is 2.25. The molecular formula is C18H25FIN5S. The van der Waals surface area contributed by atoms with Gasteiger partial charge in [0.1, 0.15) is 0 Å². The van der Waals surface area contributed by atoms with Gasteiger partial charge in [-0.3, -0.25) is 4.99 Å². The number of nitrogens with one attached hydrogen (secondary N) is 2. The van der Waals surface area contributed by atoms with E-state index < -0.39 is 0 Å². The van der Waals surface area contributed by atoms with Crippen molar-refractivity contribution in [1.29, 1.82) is 0 Å². The zero-order valence-electron chi connectivity index (χ0n) is 14.8. The minimum Gasteiger partial charge on any atom is -0.357 e. The van der Waals surface area contributed by atoms with Crippen molar-refractivity contribution >= 4 is 47.1 Å². The Morgan fingerprint density at radius 1 is 1.42 bits per heavy atom. The molecule has 3 rings (SSSR count). The topological polar surface area (TPSA) is 52.6 Å². The van der Waals surface area contributed by atoms with Crippen LogP contribution in [0, 0.1) is 5.82 Å². The maximum absolute atomic E-state index is 13.9. The molecule has 1 saturated heterocycles. The standard InChI is InChI=1S/C18H24FN5S.HI/c1-2-20-18(22-10-7-15-5-4-12-25-15)23-14-8-11-24(13-14)17-16(19)6-3-9-21-17;/h3-6,9,12,14H,2,7-8,10-11,13H2,1H3,(H2,20,22,23);1H. The summed E-state index contributed by atoms with van der Waals surface area (Å²) in [4.78, 5) is 12.2. The van der Waals surface area contributed by atoms with Gasteiger partial charge in [0.25, 0.3) is 0 Å². The van der Waals surface area contributed by atoms with E-state index >= 15 is 0 Å². The van der Waals surface area contributed by atoms with E-state index in [2.05, 4.69) is 45.0 Å². The van der Waals surface area contributed by atoms with Crippen molar-refractivity contribution in [3.05, 3.63) is 46.5 Å². The summed E-state index contributed by atoms with van der Waals surface area (Å²) < 4.78 is 13.9. The molecule has 0 aliphatic carbocycles. The van der Waals surface area contributed by atoms with Crippen LogP contribution in [0.5, 0.6) is 0 Å². The molecule has 5 nitrogen and oxygen atoms in total. The highest BCUT2D eigenvalue weighted by atomic mass is 127. The first-order chi connectivity index (χ1) is 12.3. The van der Waals surface area contributed by atoms with Gasteiger partial charge in [0.2, 0.25) is 0 Å². The second-order valence-corrected chi connectivity index (χ2v) is 7.01. The van der Waals surface area contributed by atoms with Gasteiger partial charge in [-0.2, -0.15) is 0 Å². The fraction of sp³-hybridized carbons (Fsp3) is 0.444. The molecule has 0 bridgehead atoms. The zero-order chi connectivity index (χ0) is 17.5. The first kappa shape index (κ1) is 20.9. The predicted octanol–water partition coefficient (Wildman–Crippen LogP) is 3.28. The monoisotopic (exact) mass is 489 g/mol. The van der Waals surface area contributed by atoms with Crippen LogP contribution in [0.2, 0.25) is 0 Å². The molecule has 1 unspecified atom stereocenters. The number of aliphatic imine (C=N–C) groups is 1. The van der Waals surface area contributed by atoms with E-state index in [1.807, 2.05) is 4.90 Å². The lowest BCUT2D eigenvalue weighted by atomic mass is 10.3. The maximum atomic E-state index is 13.9. The van der Waals surface area contributed by atoms with E-state index in [1.54, 1.807) is 23.6 Å². The largest absolute Gasteiger partial charge is 0.357 e. The van der Waals surface area contributed by atoms with Crippen LogP contribution in [0.1, 0.15) is 18.2 Å². The number of anilines is 1. The third kappa shape index (κ3) is 5.80. The van der Waals surface area contributed by atoms with Gasteiger partial charge in [0, 0.05) is 49.7 Å². The summed E-state index contributed by atoms with van der Waals surface area (Å²) in [6, 6.07) is 7.52. The van der Waals surface area contributed by atoms with Crippen LogP contribution in [0.25, 0.3) is 0 Å². The van der Waals surface area contributed by atoms with Crippen molar-refractivity contribution in [2.24, 2.45) is 4.99 Å². The number of halogens is 2. The third-order valence-electron chi connectivity index (χ3n) is 4.12. The number of rotatable bonds is 6. The summed E-state index contributed by atoms with van der Waals surface area (Å²) in [5, 5.41) is 8.85. The quantitative estimate of drug-likeness (QED) is 0.372. The highest BCUT2D eigenvalue weighted by molar-refractivity contribution is 14.0. The molecule has 1 aliphatic rings. The molecule has 1 fully saturated rings. The Hall–Kier alpha value is -1.42. The molecule has 2 aromatic heterocycles.